The molecule has 1 aliphatic heterocycles. The van der Waals surface area contributed by atoms with E-state index in [1.165, 1.54) is 0 Å². The minimum absolute atomic E-state index is 0.00172. The fourth-order valence-electron chi connectivity index (χ4n) is 2.66. The molecule has 0 aliphatic carbocycles. The van der Waals surface area contributed by atoms with Crippen LogP contribution in [0.1, 0.15) is 15.9 Å². The van der Waals surface area contributed by atoms with Crippen LogP contribution in [-0.4, -0.2) is 37.0 Å². The molecule has 1 aromatic heterocycles. The Morgan fingerprint density at radius 1 is 1.09 bits per heavy atom. The molecule has 0 bridgehead atoms. The van der Waals surface area contributed by atoms with Crippen LogP contribution >= 0.6 is 0 Å². The lowest BCUT2D eigenvalue weighted by molar-refractivity contribution is -0.377. The molecule has 0 spiro atoms. The minimum atomic E-state index is -0.00172. The fourth-order valence-corrected chi connectivity index (χ4v) is 2.66. The lowest BCUT2D eigenvalue weighted by atomic mass is 10.1. The first kappa shape index (κ1) is 14.1. The summed E-state index contributed by atoms with van der Waals surface area (Å²) in [4.78, 5) is 19.6. The second-order valence-electron chi connectivity index (χ2n) is 5.23. The van der Waals surface area contributed by atoms with Gasteiger partial charge in [-0.25, -0.2) is 4.98 Å². The number of H-pyrrole nitrogens is 1. The quantitative estimate of drug-likeness (QED) is 0.839. The molecule has 1 amide bonds. The van der Waals surface area contributed by atoms with Crippen molar-refractivity contribution < 1.29 is 9.78 Å². The van der Waals surface area contributed by atoms with Gasteiger partial charge in [0.2, 0.25) is 0 Å². The van der Waals surface area contributed by atoms with Gasteiger partial charge in [0.05, 0.1) is 11.6 Å². The van der Waals surface area contributed by atoms with E-state index in [1.54, 1.807) is 24.3 Å². The Morgan fingerprint density at radius 3 is 2.50 bits per heavy atom. The third kappa shape index (κ3) is 2.91. The Bertz CT molecular complexity index is 700. The molecule has 1 saturated heterocycles. The SMILES string of the molecule is N#Cc1cccc(C(=O)N2CCN(c3cc[nH+]cc3)CC2)c1. The van der Waals surface area contributed by atoms with E-state index in [0.29, 0.717) is 24.2 Å². The summed E-state index contributed by atoms with van der Waals surface area (Å²) < 4.78 is 0. The summed E-state index contributed by atoms with van der Waals surface area (Å²) in [6.45, 7) is 3.00. The van der Waals surface area contributed by atoms with Crippen molar-refractivity contribution in [1.29, 1.82) is 5.26 Å². The summed E-state index contributed by atoms with van der Waals surface area (Å²) >= 11 is 0. The van der Waals surface area contributed by atoms with Gasteiger partial charge in [0.15, 0.2) is 12.4 Å². The van der Waals surface area contributed by atoms with E-state index in [2.05, 4.69) is 16.0 Å². The number of nitrogens with zero attached hydrogens (tertiary/aromatic N) is 3. The lowest BCUT2D eigenvalue weighted by Crippen LogP contribution is -2.48. The first-order chi connectivity index (χ1) is 10.8. The van der Waals surface area contributed by atoms with Gasteiger partial charge in [-0.05, 0) is 18.2 Å². The maximum atomic E-state index is 12.5. The van der Waals surface area contributed by atoms with Crippen LogP contribution in [0.3, 0.4) is 0 Å². The predicted octanol–water partition coefficient (Wildman–Crippen LogP) is 1.33. The second kappa shape index (κ2) is 6.27. The number of pyridine rings is 1. The van der Waals surface area contributed by atoms with Crippen LogP contribution in [0.2, 0.25) is 0 Å². The van der Waals surface area contributed by atoms with Gasteiger partial charge in [-0.3, -0.25) is 4.79 Å². The van der Waals surface area contributed by atoms with Crippen LogP contribution in [0.5, 0.6) is 0 Å². The summed E-state index contributed by atoms with van der Waals surface area (Å²) in [5.74, 6) is -0.00172. The van der Waals surface area contributed by atoms with Crippen LogP contribution in [0.4, 0.5) is 5.69 Å². The van der Waals surface area contributed by atoms with Gasteiger partial charge in [-0.15, -0.1) is 0 Å². The number of piperazine rings is 1. The van der Waals surface area contributed by atoms with E-state index in [1.807, 2.05) is 29.4 Å². The fraction of sp³-hybridized carbons (Fsp3) is 0.235. The van der Waals surface area contributed by atoms with Crippen molar-refractivity contribution in [3.05, 3.63) is 59.9 Å². The Hall–Kier alpha value is -2.87. The Labute approximate surface area is 129 Å². The molecule has 0 atom stereocenters. The predicted molar refractivity (Wildman–Crippen MR) is 82.3 cm³/mol. The normalized spacial score (nSPS) is 14.5. The summed E-state index contributed by atoms with van der Waals surface area (Å²) in [6.07, 6.45) is 3.81. The molecule has 1 aliphatic rings. The Balaban J connectivity index is 1.66. The van der Waals surface area contributed by atoms with E-state index in [9.17, 15) is 4.79 Å². The maximum Gasteiger partial charge on any atom is 0.254 e. The van der Waals surface area contributed by atoms with Crippen LogP contribution in [0, 0.1) is 11.3 Å². The number of hydrogen-bond donors (Lipinski definition) is 0. The maximum absolute atomic E-state index is 12.5. The third-order valence-electron chi connectivity index (χ3n) is 3.87. The first-order valence-corrected chi connectivity index (χ1v) is 7.28. The van der Waals surface area contributed by atoms with Gasteiger partial charge in [0.1, 0.15) is 0 Å². The zero-order valence-electron chi connectivity index (χ0n) is 12.2. The Kier molecular flexibility index (Phi) is 4.01. The number of anilines is 1. The zero-order chi connectivity index (χ0) is 15.4. The number of nitriles is 1. The lowest BCUT2D eigenvalue weighted by Gasteiger charge is -2.35. The van der Waals surface area contributed by atoms with Crippen molar-refractivity contribution in [3.8, 4) is 6.07 Å². The summed E-state index contributed by atoms with van der Waals surface area (Å²) in [5, 5.41) is 8.93. The molecule has 3 rings (SSSR count). The number of nitrogens with one attached hydrogen (secondary N) is 1. The smallest absolute Gasteiger partial charge is 0.254 e. The van der Waals surface area contributed by atoms with E-state index in [4.69, 9.17) is 5.26 Å². The highest BCUT2D eigenvalue weighted by Gasteiger charge is 2.22. The van der Waals surface area contributed by atoms with Crippen molar-refractivity contribution in [3.63, 3.8) is 0 Å². The number of benzene rings is 1. The highest BCUT2D eigenvalue weighted by molar-refractivity contribution is 5.94. The number of carbonyl (C=O) groups is 1. The molecule has 22 heavy (non-hydrogen) atoms. The van der Waals surface area contributed by atoms with E-state index in [0.717, 1.165) is 18.8 Å². The van der Waals surface area contributed by atoms with Crippen LogP contribution in [0.25, 0.3) is 0 Å². The largest absolute Gasteiger partial charge is 0.368 e. The van der Waals surface area contributed by atoms with Gasteiger partial charge in [-0.2, -0.15) is 5.26 Å². The second-order valence-corrected chi connectivity index (χ2v) is 5.23. The van der Waals surface area contributed by atoms with E-state index in [-0.39, 0.29) is 5.91 Å². The Morgan fingerprint density at radius 2 is 1.82 bits per heavy atom. The number of aromatic nitrogens is 1. The first-order valence-electron chi connectivity index (χ1n) is 7.28. The molecule has 1 aromatic carbocycles. The van der Waals surface area contributed by atoms with Gasteiger partial charge < -0.3 is 9.80 Å². The van der Waals surface area contributed by atoms with Gasteiger partial charge >= 0.3 is 0 Å². The summed E-state index contributed by atoms with van der Waals surface area (Å²) in [5.41, 5.74) is 2.27. The zero-order valence-corrected chi connectivity index (χ0v) is 12.2. The van der Waals surface area contributed by atoms with Gasteiger partial charge in [-0.1, -0.05) is 6.07 Å². The molecule has 0 saturated carbocycles. The molecule has 5 nitrogen and oxygen atoms in total. The van der Waals surface area contributed by atoms with Crippen molar-refractivity contribution in [2.24, 2.45) is 0 Å². The van der Waals surface area contributed by atoms with Crippen molar-refractivity contribution in [2.45, 2.75) is 0 Å². The monoisotopic (exact) mass is 293 g/mol. The highest BCUT2D eigenvalue weighted by Crippen LogP contribution is 2.16. The van der Waals surface area contributed by atoms with Crippen molar-refractivity contribution in [2.75, 3.05) is 31.1 Å². The number of aromatic amines is 1. The third-order valence-corrected chi connectivity index (χ3v) is 3.87. The van der Waals surface area contributed by atoms with Crippen LogP contribution in [0.15, 0.2) is 48.8 Å². The molecule has 110 valence electrons. The number of rotatable bonds is 2. The number of hydrogen-bond acceptors (Lipinski definition) is 3. The van der Waals surface area contributed by atoms with Gasteiger partial charge in [0, 0.05) is 49.6 Å². The van der Waals surface area contributed by atoms with Crippen LogP contribution < -0.4 is 9.88 Å². The average Bonchev–Trinajstić information content (AvgIpc) is 2.62. The van der Waals surface area contributed by atoms with Crippen molar-refractivity contribution >= 4 is 11.6 Å². The van der Waals surface area contributed by atoms with Crippen molar-refractivity contribution in [1.82, 2.24) is 4.90 Å². The molecule has 1 fully saturated rings. The average molecular weight is 293 g/mol. The number of amides is 1. The molecule has 1 N–H and O–H groups in total. The number of carbonyl (C=O) groups excluding carboxylic acids is 1. The molecule has 5 heteroatoms. The molecule has 2 aromatic rings. The standard InChI is InChI=1S/C17H16N4O/c18-13-14-2-1-3-15(12-14)17(22)21-10-8-20(9-11-21)16-4-6-19-7-5-16/h1-7,12H,8-11H2/p+1. The highest BCUT2D eigenvalue weighted by atomic mass is 16.2. The summed E-state index contributed by atoms with van der Waals surface area (Å²) in [6, 6.07) is 13.0. The van der Waals surface area contributed by atoms with E-state index < -0.39 is 0 Å². The topological polar surface area (TPSA) is 61.5 Å². The van der Waals surface area contributed by atoms with E-state index >= 15 is 0 Å². The van der Waals surface area contributed by atoms with Gasteiger partial charge in [0.25, 0.3) is 5.91 Å². The molecular weight excluding hydrogens is 276 g/mol. The minimum Gasteiger partial charge on any atom is -0.368 e. The molecular formula is C17H17N4O+. The molecule has 0 radical (unpaired) electrons. The molecule has 0 unspecified atom stereocenters. The van der Waals surface area contributed by atoms with Crippen LogP contribution in [-0.2, 0) is 0 Å². The molecule has 2 heterocycles. The summed E-state index contributed by atoms with van der Waals surface area (Å²) in [7, 11) is 0.